The van der Waals surface area contributed by atoms with Crippen LogP contribution < -0.4 is 22.1 Å². The molecule has 3 rings (SSSR count). The van der Waals surface area contributed by atoms with Crippen LogP contribution in [0.25, 0.3) is 0 Å². The number of furan rings is 1. The predicted molar refractivity (Wildman–Crippen MR) is 109 cm³/mol. The Morgan fingerprint density at radius 2 is 2.03 bits per heavy atom. The number of nitrogen functional groups attached to an aromatic ring is 2. The van der Waals surface area contributed by atoms with Crippen LogP contribution in [0.3, 0.4) is 0 Å². The largest absolute Gasteiger partial charge is 0.481 e. The number of nitrogens with two attached hydrogens (primary N) is 2. The molecular formula is C19H24N6O6. The van der Waals surface area contributed by atoms with Crippen LogP contribution in [-0.4, -0.2) is 50.6 Å². The Morgan fingerprint density at radius 1 is 1.26 bits per heavy atom. The quantitative estimate of drug-likeness (QED) is 0.321. The van der Waals surface area contributed by atoms with Crippen LogP contribution in [-0.2, 0) is 22.4 Å². The molecule has 0 bridgehead atoms. The third kappa shape index (κ3) is 5.62. The molecule has 0 radical (unpaired) electrons. The van der Waals surface area contributed by atoms with Gasteiger partial charge in [0.2, 0.25) is 5.95 Å². The van der Waals surface area contributed by atoms with E-state index in [4.69, 9.17) is 26.1 Å². The molecule has 31 heavy (non-hydrogen) atoms. The van der Waals surface area contributed by atoms with Gasteiger partial charge in [-0.2, -0.15) is 9.97 Å². The van der Waals surface area contributed by atoms with Crippen molar-refractivity contribution in [3.63, 3.8) is 0 Å². The molecule has 1 aliphatic heterocycles. The van der Waals surface area contributed by atoms with Gasteiger partial charge in [0.1, 0.15) is 23.4 Å². The van der Waals surface area contributed by atoms with E-state index in [2.05, 4.69) is 20.6 Å². The number of carboxylic acid groups (broad SMARTS) is 2. The second-order valence-corrected chi connectivity index (χ2v) is 7.35. The van der Waals surface area contributed by atoms with Gasteiger partial charge >= 0.3 is 11.9 Å². The minimum absolute atomic E-state index is 0.0307. The predicted octanol–water partition coefficient (Wildman–Crippen LogP) is 0.499. The van der Waals surface area contributed by atoms with E-state index in [0.717, 1.165) is 12.0 Å². The fourth-order valence-electron chi connectivity index (χ4n) is 3.41. The molecule has 2 atom stereocenters. The molecule has 12 heteroatoms. The minimum Gasteiger partial charge on any atom is -0.481 e. The van der Waals surface area contributed by atoms with E-state index in [0.29, 0.717) is 36.8 Å². The summed E-state index contributed by atoms with van der Waals surface area (Å²) in [5.41, 5.74) is 12.4. The molecule has 12 nitrogen and oxygen atoms in total. The van der Waals surface area contributed by atoms with E-state index in [-0.39, 0.29) is 30.5 Å². The average molecular weight is 432 g/mol. The van der Waals surface area contributed by atoms with Crippen molar-refractivity contribution in [1.82, 2.24) is 15.3 Å². The van der Waals surface area contributed by atoms with Gasteiger partial charge in [-0.3, -0.25) is 9.59 Å². The zero-order valence-corrected chi connectivity index (χ0v) is 16.6. The molecule has 0 aromatic carbocycles. The van der Waals surface area contributed by atoms with Crippen LogP contribution in [0.4, 0.5) is 17.6 Å². The number of anilines is 3. The number of hydrogen-bond acceptors (Lipinski definition) is 9. The first kappa shape index (κ1) is 21.9. The number of nitrogens with zero attached hydrogens (tertiary/aromatic N) is 2. The number of aliphatic carboxylic acids is 2. The summed E-state index contributed by atoms with van der Waals surface area (Å²) in [5, 5.41) is 23.3. The molecule has 0 saturated heterocycles. The van der Waals surface area contributed by atoms with Crippen molar-refractivity contribution in [2.45, 2.75) is 38.1 Å². The SMILES string of the molecule is Nc1nc(N)c2c(n1)NC[C@@H](CCc1ccc(C(=O)N[C@@H](CCC(=O)O)C(=O)O)o1)C2. The van der Waals surface area contributed by atoms with E-state index in [1.807, 2.05) is 0 Å². The third-order valence-corrected chi connectivity index (χ3v) is 5.04. The number of fused-ring (bicyclic) bond motifs is 1. The van der Waals surface area contributed by atoms with Crippen LogP contribution in [0, 0.1) is 5.92 Å². The summed E-state index contributed by atoms with van der Waals surface area (Å²) in [5.74, 6) is -1.24. The highest BCUT2D eigenvalue weighted by molar-refractivity contribution is 5.94. The fourth-order valence-corrected chi connectivity index (χ4v) is 3.41. The number of carboxylic acids is 2. The van der Waals surface area contributed by atoms with Crippen LogP contribution in [0.5, 0.6) is 0 Å². The van der Waals surface area contributed by atoms with Gasteiger partial charge < -0.3 is 36.7 Å². The Balaban J connectivity index is 1.54. The third-order valence-electron chi connectivity index (χ3n) is 5.04. The van der Waals surface area contributed by atoms with Crippen molar-refractivity contribution in [2.24, 2.45) is 5.92 Å². The Bertz CT molecular complexity index is 990. The van der Waals surface area contributed by atoms with Gasteiger partial charge in [-0.25, -0.2) is 4.79 Å². The van der Waals surface area contributed by atoms with Crippen LogP contribution in [0.2, 0.25) is 0 Å². The Labute approximate surface area is 177 Å². The van der Waals surface area contributed by atoms with Gasteiger partial charge in [0.15, 0.2) is 5.76 Å². The molecule has 2 aromatic rings. The lowest BCUT2D eigenvalue weighted by molar-refractivity contribution is -0.140. The first-order valence-corrected chi connectivity index (χ1v) is 9.72. The molecule has 0 saturated carbocycles. The average Bonchev–Trinajstić information content (AvgIpc) is 3.18. The van der Waals surface area contributed by atoms with Crippen LogP contribution in [0.1, 0.15) is 41.1 Å². The number of rotatable bonds is 9. The molecule has 1 aliphatic rings. The molecule has 166 valence electrons. The number of carbonyl (C=O) groups is 3. The topological polar surface area (TPSA) is 207 Å². The summed E-state index contributed by atoms with van der Waals surface area (Å²) in [6.07, 6.45) is 1.40. The van der Waals surface area contributed by atoms with E-state index < -0.39 is 23.9 Å². The van der Waals surface area contributed by atoms with E-state index in [1.54, 1.807) is 6.07 Å². The first-order valence-electron chi connectivity index (χ1n) is 9.72. The second-order valence-electron chi connectivity index (χ2n) is 7.35. The van der Waals surface area contributed by atoms with Crippen LogP contribution >= 0.6 is 0 Å². The summed E-state index contributed by atoms with van der Waals surface area (Å²) >= 11 is 0. The van der Waals surface area contributed by atoms with Gasteiger partial charge in [-0.15, -0.1) is 0 Å². The number of hydrogen-bond donors (Lipinski definition) is 6. The number of nitrogens with one attached hydrogen (secondary N) is 2. The molecule has 0 unspecified atom stereocenters. The number of carbonyl (C=O) groups excluding carboxylic acids is 1. The van der Waals surface area contributed by atoms with Crippen molar-refractivity contribution in [3.05, 3.63) is 29.2 Å². The zero-order chi connectivity index (χ0) is 22.5. The number of aromatic nitrogens is 2. The highest BCUT2D eigenvalue weighted by Gasteiger charge is 2.25. The Hall–Kier alpha value is -3.83. The van der Waals surface area contributed by atoms with Crippen molar-refractivity contribution in [2.75, 3.05) is 23.3 Å². The molecule has 0 spiro atoms. The highest BCUT2D eigenvalue weighted by atomic mass is 16.4. The van der Waals surface area contributed by atoms with Crippen LogP contribution in [0.15, 0.2) is 16.5 Å². The fraction of sp³-hybridized carbons (Fsp3) is 0.421. The Kier molecular flexibility index (Phi) is 6.58. The molecule has 0 aliphatic carbocycles. The molecule has 0 fully saturated rings. The lowest BCUT2D eigenvalue weighted by Crippen LogP contribution is -2.41. The van der Waals surface area contributed by atoms with Gasteiger partial charge in [-0.1, -0.05) is 0 Å². The number of aryl methyl sites for hydroxylation is 1. The zero-order valence-electron chi connectivity index (χ0n) is 16.6. The van der Waals surface area contributed by atoms with E-state index in [1.165, 1.54) is 6.07 Å². The lowest BCUT2D eigenvalue weighted by Gasteiger charge is -2.25. The summed E-state index contributed by atoms with van der Waals surface area (Å²) in [7, 11) is 0. The molecule has 8 N–H and O–H groups in total. The van der Waals surface area contributed by atoms with Crippen molar-refractivity contribution >= 4 is 35.4 Å². The normalized spacial score (nSPS) is 16.1. The van der Waals surface area contributed by atoms with Crippen molar-refractivity contribution in [3.8, 4) is 0 Å². The smallest absolute Gasteiger partial charge is 0.326 e. The maximum atomic E-state index is 12.3. The first-order chi connectivity index (χ1) is 14.7. The number of amides is 1. The molecule has 3 heterocycles. The van der Waals surface area contributed by atoms with Crippen molar-refractivity contribution < 1.29 is 29.0 Å². The lowest BCUT2D eigenvalue weighted by atomic mass is 9.92. The minimum atomic E-state index is -1.31. The standard InChI is InChI=1S/C19H24N6O6/c20-15-11-7-9(8-22-16(11)25-19(21)24-15)1-2-10-3-5-13(31-10)17(28)23-12(18(29)30)4-6-14(26)27/h3,5,9,12H,1-2,4,6-8H2,(H,23,28)(H,26,27)(H,29,30)(H5,20,21,22,24,25)/t9-,12-/m0/s1. The van der Waals surface area contributed by atoms with E-state index >= 15 is 0 Å². The monoisotopic (exact) mass is 432 g/mol. The van der Waals surface area contributed by atoms with Gasteiger partial charge in [-0.05, 0) is 37.3 Å². The summed E-state index contributed by atoms with van der Waals surface area (Å²) in [4.78, 5) is 42.3. The summed E-state index contributed by atoms with van der Waals surface area (Å²) in [6.45, 7) is 0.681. The molecule has 2 aromatic heterocycles. The highest BCUT2D eigenvalue weighted by Crippen LogP contribution is 2.29. The van der Waals surface area contributed by atoms with Gasteiger partial charge in [0.25, 0.3) is 5.91 Å². The maximum Gasteiger partial charge on any atom is 0.326 e. The molecule has 1 amide bonds. The van der Waals surface area contributed by atoms with E-state index in [9.17, 15) is 14.4 Å². The second kappa shape index (κ2) is 9.32. The summed E-state index contributed by atoms with van der Waals surface area (Å²) < 4.78 is 5.54. The maximum absolute atomic E-state index is 12.3. The van der Waals surface area contributed by atoms with Crippen molar-refractivity contribution in [1.29, 1.82) is 0 Å². The Morgan fingerprint density at radius 3 is 2.74 bits per heavy atom. The van der Waals surface area contributed by atoms with Gasteiger partial charge in [0.05, 0.1) is 0 Å². The van der Waals surface area contributed by atoms with Gasteiger partial charge in [0, 0.05) is 24.9 Å². The summed E-state index contributed by atoms with van der Waals surface area (Å²) in [6, 6.07) is 1.81. The molecular weight excluding hydrogens is 408 g/mol.